The summed E-state index contributed by atoms with van der Waals surface area (Å²) in [5, 5.41) is 12.0. The average Bonchev–Trinajstić information content (AvgIpc) is 2.38. The quantitative estimate of drug-likeness (QED) is 0.735. The molecule has 106 valence electrons. The third-order valence-corrected chi connectivity index (χ3v) is 3.93. The van der Waals surface area contributed by atoms with Gasteiger partial charge in [0, 0.05) is 25.0 Å². The van der Waals surface area contributed by atoms with Gasteiger partial charge in [-0.25, -0.2) is 0 Å². The highest BCUT2D eigenvalue weighted by Crippen LogP contribution is 2.27. The van der Waals surface area contributed by atoms with E-state index in [9.17, 15) is 4.79 Å². The van der Waals surface area contributed by atoms with Crippen LogP contribution < -0.4 is 5.32 Å². The molecule has 1 amide bonds. The first-order valence-electron chi connectivity index (χ1n) is 7.41. The maximum Gasteiger partial charge on any atom is 0.220 e. The van der Waals surface area contributed by atoms with Crippen LogP contribution in [0.3, 0.4) is 0 Å². The zero-order valence-corrected chi connectivity index (χ0v) is 12.0. The van der Waals surface area contributed by atoms with Gasteiger partial charge in [0.15, 0.2) is 0 Å². The third-order valence-electron chi connectivity index (χ3n) is 3.93. The lowest BCUT2D eigenvalue weighted by Crippen LogP contribution is -2.35. The molecule has 3 heteroatoms. The Kier molecular flexibility index (Phi) is 6.69. The fourth-order valence-corrected chi connectivity index (χ4v) is 2.51. The van der Waals surface area contributed by atoms with Gasteiger partial charge in [0.1, 0.15) is 0 Å². The Morgan fingerprint density at radius 2 is 1.94 bits per heavy atom. The molecular formula is C15H29NO2. The Balaban J connectivity index is 2.06. The van der Waals surface area contributed by atoms with Crippen molar-refractivity contribution < 1.29 is 9.90 Å². The molecule has 0 radical (unpaired) electrons. The summed E-state index contributed by atoms with van der Waals surface area (Å²) in [5.74, 6) is 0.993. The average molecular weight is 255 g/mol. The molecule has 1 saturated carbocycles. The van der Waals surface area contributed by atoms with Crippen molar-refractivity contribution in [2.75, 3.05) is 13.2 Å². The van der Waals surface area contributed by atoms with E-state index in [2.05, 4.69) is 5.32 Å². The molecule has 1 fully saturated rings. The van der Waals surface area contributed by atoms with Crippen LogP contribution >= 0.6 is 0 Å². The number of rotatable bonds is 7. The van der Waals surface area contributed by atoms with Gasteiger partial charge in [0.05, 0.1) is 0 Å². The Morgan fingerprint density at radius 3 is 2.56 bits per heavy atom. The van der Waals surface area contributed by atoms with Crippen molar-refractivity contribution in [1.82, 2.24) is 5.32 Å². The van der Waals surface area contributed by atoms with Crippen LogP contribution in [0.15, 0.2) is 0 Å². The van der Waals surface area contributed by atoms with Crippen LogP contribution in [0.1, 0.15) is 65.2 Å². The summed E-state index contributed by atoms with van der Waals surface area (Å²) in [7, 11) is 0. The molecule has 1 aliphatic rings. The van der Waals surface area contributed by atoms with Crippen molar-refractivity contribution in [2.24, 2.45) is 11.3 Å². The summed E-state index contributed by atoms with van der Waals surface area (Å²) >= 11 is 0. The summed E-state index contributed by atoms with van der Waals surface area (Å²) in [6, 6.07) is 0. The first-order chi connectivity index (χ1) is 8.53. The number of hydrogen-bond acceptors (Lipinski definition) is 2. The molecule has 0 bridgehead atoms. The van der Waals surface area contributed by atoms with Crippen molar-refractivity contribution >= 4 is 5.91 Å². The number of carbonyl (C=O) groups is 1. The number of aliphatic hydroxyl groups excluding tert-OH is 1. The van der Waals surface area contributed by atoms with Crippen LogP contribution in [0.25, 0.3) is 0 Å². The minimum absolute atomic E-state index is 0.107. The molecule has 1 aliphatic carbocycles. The summed E-state index contributed by atoms with van der Waals surface area (Å²) in [6.07, 6.45) is 9.72. The summed E-state index contributed by atoms with van der Waals surface area (Å²) in [5.41, 5.74) is -0.209. The highest BCUT2D eigenvalue weighted by atomic mass is 16.3. The van der Waals surface area contributed by atoms with Crippen molar-refractivity contribution in [3.63, 3.8) is 0 Å². The van der Waals surface area contributed by atoms with Crippen LogP contribution in [-0.4, -0.2) is 24.2 Å². The normalized spacial score (nSPS) is 17.7. The lowest BCUT2D eigenvalue weighted by atomic mass is 9.86. The summed E-state index contributed by atoms with van der Waals surface area (Å²) in [4.78, 5) is 11.7. The monoisotopic (exact) mass is 255 g/mol. The van der Waals surface area contributed by atoms with Gasteiger partial charge in [0.25, 0.3) is 0 Å². The van der Waals surface area contributed by atoms with Crippen molar-refractivity contribution in [3.05, 3.63) is 0 Å². The molecule has 0 saturated heterocycles. The van der Waals surface area contributed by atoms with E-state index in [4.69, 9.17) is 5.11 Å². The van der Waals surface area contributed by atoms with Gasteiger partial charge >= 0.3 is 0 Å². The minimum Gasteiger partial charge on any atom is -0.396 e. The van der Waals surface area contributed by atoms with Gasteiger partial charge in [-0.05, 0) is 18.8 Å². The van der Waals surface area contributed by atoms with Crippen LogP contribution in [0.5, 0.6) is 0 Å². The summed E-state index contributed by atoms with van der Waals surface area (Å²) in [6.45, 7) is 4.58. The highest BCUT2D eigenvalue weighted by Gasteiger charge is 2.18. The van der Waals surface area contributed by atoms with Crippen molar-refractivity contribution in [2.45, 2.75) is 65.2 Å². The molecule has 1 rings (SSSR count). The molecule has 0 aromatic heterocycles. The van der Waals surface area contributed by atoms with Crippen LogP contribution in [0.2, 0.25) is 0 Å². The van der Waals surface area contributed by atoms with Gasteiger partial charge in [-0.2, -0.15) is 0 Å². The Morgan fingerprint density at radius 1 is 1.28 bits per heavy atom. The lowest BCUT2D eigenvalue weighted by molar-refractivity contribution is -0.121. The zero-order valence-electron chi connectivity index (χ0n) is 12.0. The number of amides is 1. The van der Waals surface area contributed by atoms with Gasteiger partial charge in [0.2, 0.25) is 5.91 Å². The maximum absolute atomic E-state index is 11.7. The number of carbonyl (C=O) groups excluding carboxylic acids is 1. The Hall–Kier alpha value is -0.570. The van der Waals surface area contributed by atoms with Crippen molar-refractivity contribution in [1.29, 1.82) is 0 Å². The van der Waals surface area contributed by atoms with Crippen LogP contribution in [-0.2, 0) is 4.79 Å². The second-order valence-corrected chi connectivity index (χ2v) is 6.50. The standard InChI is InChI=1S/C15H29NO2/c1-15(2,12-17)11-16-14(18)10-6-9-13-7-4-3-5-8-13/h13,17H,3-12H2,1-2H3,(H,16,18). The van der Waals surface area contributed by atoms with E-state index in [0.717, 1.165) is 12.3 Å². The van der Waals surface area contributed by atoms with E-state index in [1.165, 1.54) is 38.5 Å². The van der Waals surface area contributed by atoms with Gasteiger partial charge in [-0.1, -0.05) is 46.0 Å². The SMILES string of the molecule is CC(C)(CO)CNC(=O)CCCC1CCCCC1. The van der Waals surface area contributed by atoms with Crippen molar-refractivity contribution in [3.8, 4) is 0 Å². The minimum atomic E-state index is -0.209. The van der Waals surface area contributed by atoms with E-state index in [-0.39, 0.29) is 17.9 Å². The van der Waals surface area contributed by atoms with Crippen LogP contribution in [0, 0.1) is 11.3 Å². The third kappa shape index (κ3) is 6.39. The molecule has 0 atom stereocenters. The van der Waals surface area contributed by atoms with Gasteiger partial charge < -0.3 is 10.4 Å². The zero-order chi connectivity index (χ0) is 13.4. The maximum atomic E-state index is 11.7. The second kappa shape index (κ2) is 7.78. The number of nitrogens with one attached hydrogen (secondary N) is 1. The predicted octanol–water partition coefficient (Wildman–Crippen LogP) is 2.87. The van der Waals surface area contributed by atoms with E-state index in [1.54, 1.807) is 0 Å². The number of hydrogen-bond donors (Lipinski definition) is 2. The topological polar surface area (TPSA) is 49.3 Å². The molecule has 0 aliphatic heterocycles. The van der Waals surface area contributed by atoms with Gasteiger partial charge in [-0.3, -0.25) is 4.79 Å². The van der Waals surface area contributed by atoms with E-state index < -0.39 is 0 Å². The molecule has 0 heterocycles. The second-order valence-electron chi connectivity index (χ2n) is 6.50. The number of aliphatic hydroxyl groups is 1. The molecule has 0 aromatic rings. The molecule has 0 spiro atoms. The fourth-order valence-electron chi connectivity index (χ4n) is 2.51. The fraction of sp³-hybridized carbons (Fsp3) is 0.933. The Labute approximate surface area is 111 Å². The summed E-state index contributed by atoms with van der Waals surface area (Å²) < 4.78 is 0. The predicted molar refractivity (Wildman–Crippen MR) is 74.3 cm³/mol. The first-order valence-corrected chi connectivity index (χ1v) is 7.41. The molecule has 0 unspecified atom stereocenters. The first kappa shape index (κ1) is 15.5. The molecule has 3 nitrogen and oxygen atoms in total. The highest BCUT2D eigenvalue weighted by molar-refractivity contribution is 5.75. The lowest BCUT2D eigenvalue weighted by Gasteiger charge is -2.22. The van der Waals surface area contributed by atoms with Gasteiger partial charge in [-0.15, -0.1) is 0 Å². The van der Waals surface area contributed by atoms with E-state index >= 15 is 0 Å². The van der Waals surface area contributed by atoms with E-state index in [1.807, 2.05) is 13.8 Å². The molecule has 18 heavy (non-hydrogen) atoms. The molecule has 2 N–H and O–H groups in total. The van der Waals surface area contributed by atoms with Crippen LogP contribution in [0.4, 0.5) is 0 Å². The smallest absolute Gasteiger partial charge is 0.220 e. The van der Waals surface area contributed by atoms with E-state index in [0.29, 0.717) is 13.0 Å². The Bertz CT molecular complexity index is 245. The largest absolute Gasteiger partial charge is 0.396 e. The molecular weight excluding hydrogens is 226 g/mol. The molecule has 0 aromatic carbocycles.